The zero-order valence-electron chi connectivity index (χ0n) is 19.2. The van der Waals surface area contributed by atoms with Gasteiger partial charge >= 0.3 is 0 Å². The van der Waals surface area contributed by atoms with Crippen LogP contribution < -0.4 is 10.2 Å². The van der Waals surface area contributed by atoms with Crippen LogP contribution in [0.25, 0.3) is 22.0 Å². The van der Waals surface area contributed by atoms with Gasteiger partial charge in [0.15, 0.2) is 6.10 Å². The second kappa shape index (κ2) is 9.58. The molecule has 1 fully saturated rings. The number of carbonyl (C=O) groups excluding carboxylic acids is 2. The van der Waals surface area contributed by atoms with E-state index < -0.39 is 17.9 Å². The summed E-state index contributed by atoms with van der Waals surface area (Å²) in [6, 6.07) is 14.0. The van der Waals surface area contributed by atoms with Crippen LogP contribution in [0.1, 0.15) is 30.9 Å². The summed E-state index contributed by atoms with van der Waals surface area (Å²) in [6.07, 6.45) is 2.43. The highest BCUT2D eigenvalue weighted by Gasteiger charge is 2.31. The van der Waals surface area contributed by atoms with E-state index in [0.717, 1.165) is 16.5 Å². The van der Waals surface area contributed by atoms with Crippen LogP contribution >= 0.6 is 0 Å². The third-order valence-corrected chi connectivity index (χ3v) is 6.34. The molecule has 4 rings (SSSR count). The van der Waals surface area contributed by atoms with Crippen molar-refractivity contribution in [1.82, 2.24) is 15.4 Å². The summed E-state index contributed by atoms with van der Waals surface area (Å²) in [4.78, 5) is 30.8. The van der Waals surface area contributed by atoms with Gasteiger partial charge in [0.05, 0.1) is 11.4 Å². The van der Waals surface area contributed by atoms with E-state index in [1.54, 1.807) is 23.5 Å². The summed E-state index contributed by atoms with van der Waals surface area (Å²) in [7, 11) is 0. The molecular formula is C26H29N3O4. The molecule has 0 aliphatic carbocycles. The van der Waals surface area contributed by atoms with E-state index in [9.17, 15) is 9.59 Å². The molecule has 2 atom stereocenters. The van der Waals surface area contributed by atoms with Crippen molar-refractivity contribution in [3.8, 4) is 16.9 Å². The quantitative estimate of drug-likeness (QED) is 0.455. The minimum Gasteiger partial charge on any atom is -0.481 e. The summed E-state index contributed by atoms with van der Waals surface area (Å²) in [5.41, 5.74) is 7.22. The number of amides is 2. The molecule has 1 aromatic heterocycles. The average molecular weight is 448 g/mol. The number of pyridine rings is 1. The van der Waals surface area contributed by atoms with E-state index in [-0.39, 0.29) is 12.5 Å². The molecule has 2 N–H and O–H groups in total. The predicted molar refractivity (Wildman–Crippen MR) is 126 cm³/mol. The van der Waals surface area contributed by atoms with Crippen LogP contribution in [0.4, 0.5) is 0 Å². The number of piperidine rings is 1. The number of aryl methyl sites for hydroxylation is 2. The van der Waals surface area contributed by atoms with Gasteiger partial charge in [-0.15, -0.1) is 0 Å². The van der Waals surface area contributed by atoms with Crippen molar-refractivity contribution in [2.75, 3.05) is 13.1 Å². The molecule has 7 heteroatoms. The van der Waals surface area contributed by atoms with Gasteiger partial charge in [-0.3, -0.25) is 19.8 Å². The number of nitrogens with zero attached hydrogens (tertiary/aromatic N) is 2. The average Bonchev–Trinajstić information content (AvgIpc) is 2.83. The molecule has 1 aliphatic rings. The zero-order chi connectivity index (χ0) is 23.5. The number of aromatic nitrogens is 1. The molecule has 1 unspecified atom stereocenters. The lowest BCUT2D eigenvalue weighted by Gasteiger charge is -2.33. The first-order valence-electron chi connectivity index (χ1n) is 11.2. The Morgan fingerprint density at radius 3 is 2.67 bits per heavy atom. The highest BCUT2D eigenvalue weighted by Crippen LogP contribution is 2.34. The van der Waals surface area contributed by atoms with Crippen LogP contribution in [-0.2, 0) is 9.59 Å². The van der Waals surface area contributed by atoms with E-state index in [2.05, 4.69) is 37.0 Å². The smallest absolute Gasteiger partial charge is 0.263 e. The van der Waals surface area contributed by atoms with Crippen LogP contribution in [0, 0.1) is 19.8 Å². The van der Waals surface area contributed by atoms with E-state index in [4.69, 9.17) is 9.94 Å². The minimum absolute atomic E-state index is 0.178. The second-order valence-electron chi connectivity index (χ2n) is 8.66. The Kier molecular flexibility index (Phi) is 6.60. The Bertz CT molecular complexity index is 1170. The highest BCUT2D eigenvalue weighted by atomic mass is 16.5. The molecule has 2 aromatic carbocycles. The van der Waals surface area contributed by atoms with Gasteiger partial charge in [0.2, 0.25) is 5.91 Å². The van der Waals surface area contributed by atoms with Crippen LogP contribution in [0.5, 0.6) is 5.75 Å². The largest absolute Gasteiger partial charge is 0.481 e. The molecular weight excluding hydrogens is 418 g/mol. The van der Waals surface area contributed by atoms with Gasteiger partial charge < -0.3 is 9.64 Å². The SMILES string of the molecule is Cc1cccc(C)c1-c1ccnc2cc(OC(C)C(=O)N3CCC[C@H](C(=O)NO)C3)ccc12. The number of hydrogen-bond donors (Lipinski definition) is 2. The molecule has 2 amide bonds. The maximum Gasteiger partial charge on any atom is 0.263 e. The van der Waals surface area contributed by atoms with E-state index in [0.29, 0.717) is 25.1 Å². The number of hydroxylamine groups is 1. The van der Waals surface area contributed by atoms with Gasteiger partial charge in [0.25, 0.3) is 5.91 Å². The van der Waals surface area contributed by atoms with Crippen molar-refractivity contribution >= 4 is 22.7 Å². The third-order valence-electron chi connectivity index (χ3n) is 6.34. The monoisotopic (exact) mass is 447 g/mol. The third kappa shape index (κ3) is 4.68. The summed E-state index contributed by atoms with van der Waals surface area (Å²) in [5.74, 6) is -0.478. The standard InChI is InChI=1S/C26H29N3O4/c1-16-6-4-7-17(2)24(16)22-11-12-27-23-14-20(9-10-21(22)23)33-18(3)26(31)29-13-5-8-19(15-29)25(30)28-32/h4,6-7,9-12,14,18-19,32H,5,8,13,15H2,1-3H3,(H,28,30)/t18?,19-/m0/s1. The number of ether oxygens (including phenoxy) is 1. The van der Waals surface area contributed by atoms with Crippen molar-refractivity contribution in [3.63, 3.8) is 0 Å². The molecule has 7 nitrogen and oxygen atoms in total. The van der Waals surface area contributed by atoms with Crippen LogP contribution in [-0.4, -0.2) is 46.1 Å². The fourth-order valence-corrected chi connectivity index (χ4v) is 4.65. The fourth-order valence-electron chi connectivity index (χ4n) is 4.65. The number of hydrogen-bond acceptors (Lipinski definition) is 5. The molecule has 0 spiro atoms. The number of rotatable bonds is 5. The Morgan fingerprint density at radius 1 is 1.18 bits per heavy atom. The lowest BCUT2D eigenvalue weighted by Crippen LogP contribution is -2.48. The molecule has 0 bridgehead atoms. The predicted octanol–water partition coefficient (Wildman–Crippen LogP) is 4.03. The first kappa shape index (κ1) is 22.7. The lowest BCUT2D eigenvalue weighted by molar-refractivity contribution is -0.143. The summed E-state index contributed by atoms with van der Waals surface area (Å²) in [5, 5.41) is 9.91. The van der Waals surface area contributed by atoms with Crippen LogP contribution in [0.2, 0.25) is 0 Å². The molecule has 3 aromatic rings. The van der Waals surface area contributed by atoms with Crippen molar-refractivity contribution in [2.24, 2.45) is 5.92 Å². The Morgan fingerprint density at radius 2 is 1.94 bits per heavy atom. The fraction of sp³-hybridized carbons (Fsp3) is 0.346. The van der Waals surface area contributed by atoms with E-state index in [1.807, 2.05) is 24.3 Å². The number of fused-ring (bicyclic) bond motifs is 1. The van der Waals surface area contributed by atoms with Crippen molar-refractivity contribution in [2.45, 2.75) is 39.7 Å². The van der Waals surface area contributed by atoms with Gasteiger partial charge in [-0.05, 0) is 74.1 Å². The highest BCUT2D eigenvalue weighted by molar-refractivity contribution is 5.96. The maximum absolute atomic E-state index is 12.9. The first-order valence-corrected chi connectivity index (χ1v) is 11.2. The van der Waals surface area contributed by atoms with Crippen molar-refractivity contribution in [3.05, 3.63) is 59.8 Å². The summed E-state index contributed by atoms with van der Waals surface area (Å²) in [6.45, 7) is 6.77. The number of nitrogens with one attached hydrogen (secondary N) is 1. The number of likely N-dealkylation sites (tertiary alicyclic amines) is 1. The molecule has 33 heavy (non-hydrogen) atoms. The Labute approximate surface area is 193 Å². The molecule has 1 saturated heterocycles. The van der Waals surface area contributed by atoms with Gasteiger partial charge in [0, 0.05) is 30.7 Å². The normalized spacial score (nSPS) is 17.0. The lowest BCUT2D eigenvalue weighted by atomic mass is 9.93. The van der Waals surface area contributed by atoms with E-state index in [1.165, 1.54) is 16.7 Å². The first-order chi connectivity index (χ1) is 15.9. The Balaban J connectivity index is 1.54. The summed E-state index contributed by atoms with van der Waals surface area (Å²) >= 11 is 0. The summed E-state index contributed by atoms with van der Waals surface area (Å²) < 4.78 is 5.97. The number of benzene rings is 2. The zero-order valence-corrected chi connectivity index (χ0v) is 19.2. The van der Waals surface area contributed by atoms with Crippen LogP contribution in [0.3, 0.4) is 0 Å². The van der Waals surface area contributed by atoms with Crippen molar-refractivity contribution < 1.29 is 19.5 Å². The maximum atomic E-state index is 12.9. The van der Waals surface area contributed by atoms with Crippen molar-refractivity contribution in [1.29, 1.82) is 0 Å². The second-order valence-corrected chi connectivity index (χ2v) is 8.66. The van der Waals surface area contributed by atoms with Gasteiger partial charge in [0.1, 0.15) is 5.75 Å². The molecule has 0 saturated carbocycles. The van der Waals surface area contributed by atoms with Gasteiger partial charge in [-0.1, -0.05) is 18.2 Å². The molecule has 2 heterocycles. The minimum atomic E-state index is -0.708. The molecule has 172 valence electrons. The van der Waals surface area contributed by atoms with E-state index >= 15 is 0 Å². The number of carbonyl (C=O) groups is 2. The molecule has 0 radical (unpaired) electrons. The van der Waals surface area contributed by atoms with Gasteiger partial charge in [-0.2, -0.15) is 0 Å². The molecule has 1 aliphatic heterocycles. The van der Waals surface area contributed by atoms with Gasteiger partial charge in [-0.25, -0.2) is 5.48 Å². The topological polar surface area (TPSA) is 91.8 Å². The van der Waals surface area contributed by atoms with Crippen LogP contribution in [0.15, 0.2) is 48.7 Å². The Hall–Kier alpha value is -3.45.